The van der Waals surface area contributed by atoms with Gasteiger partial charge in [-0.25, -0.2) is 0 Å². The van der Waals surface area contributed by atoms with Crippen molar-refractivity contribution in [3.05, 3.63) is 76.7 Å². The molecule has 34 heavy (non-hydrogen) atoms. The summed E-state index contributed by atoms with van der Waals surface area (Å²) in [6.07, 6.45) is 3.15. The fourth-order valence-electron chi connectivity index (χ4n) is 3.78. The Balaban J connectivity index is 2.12. The van der Waals surface area contributed by atoms with E-state index in [1.165, 1.54) is 24.2 Å². The van der Waals surface area contributed by atoms with Crippen molar-refractivity contribution in [2.45, 2.75) is 39.7 Å². The molecule has 0 saturated carbocycles. The molecule has 0 fully saturated rings. The number of nitrogens with zero attached hydrogens (tertiary/aromatic N) is 1. The minimum Gasteiger partial charge on any atom is -0.380 e. The third-order valence-corrected chi connectivity index (χ3v) is 7.36. The molecule has 2 aromatic carbocycles. The number of ether oxygens (including phenoxy) is 1. The minimum atomic E-state index is -1.84. The van der Waals surface area contributed by atoms with Crippen LogP contribution in [0.25, 0.3) is 11.1 Å². The molecular weight excluding hydrogens is 446 g/mol. The van der Waals surface area contributed by atoms with Gasteiger partial charge in [-0.1, -0.05) is 55.2 Å². The first-order chi connectivity index (χ1) is 16.1. The van der Waals surface area contributed by atoms with Crippen molar-refractivity contribution in [1.82, 2.24) is 4.57 Å². The lowest BCUT2D eigenvalue weighted by molar-refractivity contribution is -0.117. The Bertz CT molecular complexity index is 1220. The van der Waals surface area contributed by atoms with E-state index in [4.69, 9.17) is 4.74 Å². The summed E-state index contributed by atoms with van der Waals surface area (Å²) in [6, 6.07) is 14.8. The Hall–Kier alpha value is -3.49. The second-order valence-electron chi connectivity index (χ2n) is 9.23. The molecule has 0 saturated heterocycles. The van der Waals surface area contributed by atoms with Crippen LogP contribution in [0.5, 0.6) is 0 Å². The van der Waals surface area contributed by atoms with E-state index in [0.29, 0.717) is 18.0 Å². The van der Waals surface area contributed by atoms with Gasteiger partial charge in [0.2, 0.25) is 11.8 Å². The number of hydrogen-bond donors (Lipinski definition) is 2. The Kier molecular flexibility index (Phi) is 7.85. The number of nitrogens with one attached hydrogen (secondary N) is 2. The van der Waals surface area contributed by atoms with Crippen molar-refractivity contribution in [1.29, 1.82) is 0 Å². The number of amides is 2. The van der Waals surface area contributed by atoms with Crippen LogP contribution in [0, 0.1) is 0 Å². The van der Waals surface area contributed by atoms with Crippen molar-refractivity contribution in [3.63, 3.8) is 0 Å². The van der Waals surface area contributed by atoms with Gasteiger partial charge in [0.15, 0.2) is 5.43 Å². The molecule has 0 aliphatic carbocycles. The van der Waals surface area contributed by atoms with E-state index < -0.39 is 8.07 Å². The van der Waals surface area contributed by atoms with Gasteiger partial charge in [-0.3, -0.25) is 14.4 Å². The third kappa shape index (κ3) is 6.30. The van der Waals surface area contributed by atoms with Crippen molar-refractivity contribution in [2.75, 3.05) is 17.7 Å². The molecule has 0 atom stereocenters. The number of pyridine rings is 1. The maximum absolute atomic E-state index is 13.1. The molecule has 0 spiro atoms. The number of aromatic nitrogens is 1. The largest absolute Gasteiger partial charge is 0.380 e. The summed E-state index contributed by atoms with van der Waals surface area (Å²) in [5.74, 6) is -0.488. The zero-order valence-corrected chi connectivity index (χ0v) is 21.3. The molecule has 2 N–H and O–H groups in total. The normalized spacial score (nSPS) is 11.2. The van der Waals surface area contributed by atoms with Gasteiger partial charge in [-0.2, -0.15) is 0 Å². The molecule has 0 aliphatic heterocycles. The maximum Gasteiger partial charge on any atom is 0.244 e. The van der Waals surface area contributed by atoms with Gasteiger partial charge in [0.05, 0.1) is 26.1 Å². The maximum atomic E-state index is 13.1. The van der Waals surface area contributed by atoms with E-state index in [1.807, 2.05) is 36.4 Å². The molecule has 8 heteroatoms. The Morgan fingerprint density at radius 2 is 1.59 bits per heavy atom. The molecule has 7 nitrogen and oxygen atoms in total. The second kappa shape index (κ2) is 10.6. The van der Waals surface area contributed by atoms with Gasteiger partial charge >= 0.3 is 0 Å². The SMILES string of the molecule is COCc1ccc(-c2c([Si](C)(C)C)ccc(NC(C)=O)c2NC(=O)Cn2ccc(=O)cc2)cc1. The van der Waals surface area contributed by atoms with E-state index in [1.54, 1.807) is 24.1 Å². The molecule has 1 heterocycles. The molecule has 3 aromatic rings. The Morgan fingerprint density at radius 3 is 2.15 bits per heavy atom. The summed E-state index contributed by atoms with van der Waals surface area (Å²) in [5, 5.41) is 7.07. The van der Waals surface area contributed by atoms with Crippen LogP contribution in [-0.4, -0.2) is 31.6 Å². The number of hydrogen-bond acceptors (Lipinski definition) is 4. The summed E-state index contributed by atoms with van der Waals surface area (Å²) >= 11 is 0. The summed E-state index contributed by atoms with van der Waals surface area (Å²) in [4.78, 5) is 36.4. The molecule has 0 aliphatic rings. The Morgan fingerprint density at radius 1 is 0.941 bits per heavy atom. The minimum absolute atomic E-state index is 0.0309. The van der Waals surface area contributed by atoms with E-state index in [9.17, 15) is 14.4 Å². The van der Waals surface area contributed by atoms with Crippen LogP contribution in [0.3, 0.4) is 0 Å². The standard InChI is InChI=1S/C26H31N3O4Si/c1-18(30)27-22-10-11-23(34(3,4)5)25(20-8-6-19(7-9-20)17-33-2)26(22)28-24(32)16-29-14-12-21(31)13-15-29/h6-15H,16-17H2,1-5H3,(H,27,30)(H,28,32). The molecule has 3 rings (SSSR count). The zero-order chi connectivity index (χ0) is 24.9. The van der Waals surface area contributed by atoms with Gasteiger partial charge in [0, 0.05) is 44.1 Å². The van der Waals surface area contributed by atoms with Gasteiger partial charge in [0.1, 0.15) is 6.54 Å². The van der Waals surface area contributed by atoms with Gasteiger partial charge in [-0.15, -0.1) is 0 Å². The molecular formula is C26H31N3O4Si. The van der Waals surface area contributed by atoms with Crippen molar-refractivity contribution in [3.8, 4) is 11.1 Å². The van der Waals surface area contributed by atoms with Crippen LogP contribution in [0.15, 0.2) is 65.7 Å². The highest BCUT2D eigenvalue weighted by Gasteiger charge is 2.26. The molecule has 178 valence electrons. The highest BCUT2D eigenvalue weighted by molar-refractivity contribution is 6.89. The average molecular weight is 478 g/mol. The fourth-order valence-corrected chi connectivity index (χ4v) is 5.38. The van der Waals surface area contributed by atoms with Crippen LogP contribution in [0.4, 0.5) is 11.4 Å². The molecule has 0 radical (unpaired) electrons. The smallest absolute Gasteiger partial charge is 0.244 e. The van der Waals surface area contributed by atoms with Crippen molar-refractivity contribution in [2.24, 2.45) is 0 Å². The van der Waals surface area contributed by atoms with Crippen molar-refractivity contribution < 1.29 is 14.3 Å². The lowest BCUT2D eigenvalue weighted by Crippen LogP contribution is -2.39. The van der Waals surface area contributed by atoms with Crippen LogP contribution >= 0.6 is 0 Å². The second-order valence-corrected chi connectivity index (χ2v) is 14.3. The highest BCUT2D eigenvalue weighted by atomic mass is 28.3. The number of rotatable bonds is 8. The summed E-state index contributed by atoms with van der Waals surface area (Å²) < 4.78 is 6.87. The molecule has 0 unspecified atom stereocenters. The van der Waals surface area contributed by atoms with Crippen LogP contribution in [0.1, 0.15) is 12.5 Å². The number of anilines is 2. The van der Waals surface area contributed by atoms with E-state index in [0.717, 1.165) is 16.7 Å². The van der Waals surface area contributed by atoms with Gasteiger partial charge in [0.25, 0.3) is 0 Å². The number of carbonyl (C=O) groups is 2. The molecule has 0 bridgehead atoms. The quantitative estimate of drug-likeness (QED) is 0.483. The first kappa shape index (κ1) is 25.1. The molecule has 1 aromatic heterocycles. The number of benzene rings is 2. The summed E-state index contributed by atoms with van der Waals surface area (Å²) in [6.45, 7) is 8.72. The summed E-state index contributed by atoms with van der Waals surface area (Å²) in [5.41, 5.74) is 3.89. The van der Waals surface area contributed by atoms with Gasteiger partial charge < -0.3 is 19.9 Å². The lowest BCUT2D eigenvalue weighted by atomic mass is 10.0. The number of carbonyl (C=O) groups excluding carboxylic acids is 2. The monoisotopic (exact) mass is 477 g/mol. The van der Waals surface area contributed by atoms with Crippen LogP contribution in [-0.2, 0) is 27.5 Å². The third-order valence-electron chi connectivity index (χ3n) is 5.33. The van der Waals surface area contributed by atoms with E-state index >= 15 is 0 Å². The molecule has 2 amide bonds. The average Bonchev–Trinajstić information content (AvgIpc) is 2.76. The van der Waals surface area contributed by atoms with Crippen LogP contribution < -0.4 is 21.2 Å². The first-order valence-electron chi connectivity index (χ1n) is 11.1. The Labute approximate surface area is 200 Å². The van der Waals surface area contributed by atoms with Gasteiger partial charge in [-0.05, 0) is 17.2 Å². The first-order valence-corrected chi connectivity index (χ1v) is 14.6. The van der Waals surface area contributed by atoms with Crippen molar-refractivity contribution >= 4 is 36.4 Å². The van der Waals surface area contributed by atoms with Crippen LogP contribution in [0.2, 0.25) is 19.6 Å². The predicted octanol–water partition coefficient (Wildman–Crippen LogP) is 3.80. The fraction of sp³-hybridized carbons (Fsp3) is 0.269. The van der Waals surface area contributed by atoms with E-state index in [-0.39, 0.29) is 23.8 Å². The topological polar surface area (TPSA) is 89.4 Å². The lowest BCUT2D eigenvalue weighted by Gasteiger charge is -2.26. The summed E-state index contributed by atoms with van der Waals surface area (Å²) in [7, 11) is -0.187. The highest BCUT2D eigenvalue weighted by Crippen LogP contribution is 2.35. The zero-order valence-electron chi connectivity index (χ0n) is 20.3. The predicted molar refractivity (Wildman–Crippen MR) is 139 cm³/mol. The van der Waals surface area contributed by atoms with E-state index in [2.05, 4.69) is 30.3 Å². The number of methoxy groups -OCH3 is 1.